The Bertz CT molecular complexity index is 1020. The van der Waals surface area contributed by atoms with Crippen molar-refractivity contribution in [1.29, 1.82) is 0 Å². The summed E-state index contributed by atoms with van der Waals surface area (Å²) in [7, 11) is -2.17. The van der Waals surface area contributed by atoms with Gasteiger partial charge in [-0.15, -0.1) is 5.10 Å². The van der Waals surface area contributed by atoms with Crippen LogP contribution in [0.2, 0.25) is 0 Å². The molecule has 0 unspecified atom stereocenters. The first-order valence-electron chi connectivity index (χ1n) is 7.06. The second-order valence-corrected chi connectivity index (χ2v) is 7.19. The van der Waals surface area contributed by atoms with E-state index in [1.807, 2.05) is 0 Å². The van der Waals surface area contributed by atoms with E-state index in [0.29, 0.717) is 17.7 Å². The van der Waals surface area contributed by atoms with Crippen LogP contribution in [-0.4, -0.2) is 45.9 Å². The standard InChI is InChI=1S/C14H15FN6O2S/c1-3-20(2)24(22,23)11-4-9(6-17-7-11)10-5-12(15)13-18-14(16)19-21(13)8-10/h4-8H,3H2,1-2H3,(H2,16,19). The molecule has 0 saturated carbocycles. The fourth-order valence-corrected chi connectivity index (χ4v) is 3.36. The topological polar surface area (TPSA) is 106 Å². The lowest BCUT2D eigenvalue weighted by molar-refractivity contribution is 0.486. The molecule has 0 aromatic carbocycles. The maximum atomic E-state index is 14.1. The van der Waals surface area contributed by atoms with E-state index in [-0.39, 0.29) is 16.5 Å². The van der Waals surface area contributed by atoms with Crippen molar-refractivity contribution in [2.24, 2.45) is 0 Å². The zero-order valence-corrected chi connectivity index (χ0v) is 13.8. The number of anilines is 1. The van der Waals surface area contributed by atoms with Gasteiger partial charge in [0.15, 0.2) is 11.5 Å². The smallest absolute Gasteiger partial charge is 0.244 e. The van der Waals surface area contributed by atoms with Gasteiger partial charge in [0.2, 0.25) is 16.0 Å². The summed E-state index contributed by atoms with van der Waals surface area (Å²) in [6.45, 7) is 2.05. The Balaban J connectivity index is 2.13. The van der Waals surface area contributed by atoms with E-state index < -0.39 is 15.8 Å². The van der Waals surface area contributed by atoms with Crippen molar-refractivity contribution in [1.82, 2.24) is 23.9 Å². The van der Waals surface area contributed by atoms with Crippen LogP contribution >= 0.6 is 0 Å². The predicted molar refractivity (Wildman–Crippen MR) is 86.1 cm³/mol. The maximum Gasteiger partial charge on any atom is 0.244 e. The SMILES string of the molecule is CCN(C)S(=O)(=O)c1cncc(-c2cc(F)c3nc(N)nn3c2)c1. The van der Waals surface area contributed by atoms with E-state index in [0.717, 1.165) is 0 Å². The van der Waals surface area contributed by atoms with Crippen LogP contribution < -0.4 is 5.73 Å². The summed E-state index contributed by atoms with van der Waals surface area (Å²) in [6, 6.07) is 2.68. The minimum absolute atomic E-state index is 0.00120. The number of sulfonamides is 1. The molecule has 3 heterocycles. The Hall–Kier alpha value is -2.59. The third-order valence-corrected chi connectivity index (χ3v) is 5.50. The fraction of sp³-hybridized carbons (Fsp3) is 0.214. The van der Waals surface area contributed by atoms with Crippen molar-refractivity contribution >= 4 is 21.6 Å². The van der Waals surface area contributed by atoms with E-state index in [9.17, 15) is 12.8 Å². The quantitative estimate of drug-likeness (QED) is 0.756. The van der Waals surface area contributed by atoms with Gasteiger partial charge in [0, 0.05) is 43.3 Å². The van der Waals surface area contributed by atoms with Crippen LogP contribution in [0.4, 0.5) is 10.3 Å². The van der Waals surface area contributed by atoms with Crippen molar-refractivity contribution < 1.29 is 12.8 Å². The zero-order chi connectivity index (χ0) is 17.5. The molecule has 2 N–H and O–H groups in total. The molecular formula is C14H15FN6O2S. The van der Waals surface area contributed by atoms with Crippen molar-refractivity contribution in [2.45, 2.75) is 11.8 Å². The number of nitrogen functional groups attached to an aromatic ring is 1. The Morgan fingerprint density at radius 3 is 2.75 bits per heavy atom. The molecule has 0 spiro atoms. The number of hydrogen-bond donors (Lipinski definition) is 1. The number of hydrogen-bond acceptors (Lipinski definition) is 6. The number of halogens is 1. The summed E-state index contributed by atoms with van der Waals surface area (Å²) >= 11 is 0. The minimum Gasteiger partial charge on any atom is -0.366 e. The molecule has 0 aliphatic carbocycles. The van der Waals surface area contributed by atoms with E-state index in [1.54, 1.807) is 6.92 Å². The number of pyridine rings is 2. The molecule has 3 aromatic rings. The lowest BCUT2D eigenvalue weighted by Crippen LogP contribution is -2.26. The first-order valence-corrected chi connectivity index (χ1v) is 8.50. The molecule has 0 saturated heterocycles. The molecule has 0 aliphatic heterocycles. The lowest BCUT2D eigenvalue weighted by Gasteiger charge is -2.15. The van der Waals surface area contributed by atoms with Gasteiger partial charge in [-0.3, -0.25) is 4.98 Å². The number of nitrogens with two attached hydrogens (primary N) is 1. The van der Waals surface area contributed by atoms with Crippen LogP contribution in [0.3, 0.4) is 0 Å². The molecule has 0 atom stereocenters. The Labute approximate surface area is 137 Å². The summed E-state index contributed by atoms with van der Waals surface area (Å²) < 4.78 is 41.3. The highest BCUT2D eigenvalue weighted by molar-refractivity contribution is 7.89. The van der Waals surface area contributed by atoms with E-state index in [4.69, 9.17) is 5.73 Å². The highest BCUT2D eigenvalue weighted by atomic mass is 32.2. The monoisotopic (exact) mass is 350 g/mol. The fourth-order valence-electron chi connectivity index (χ4n) is 2.19. The van der Waals surface area contributed by atoms with E-state index in [1.165, 1.54) is 46.6 Å². The highest BCUT2D eigenvalue weighted by Gasteiger charge is 2.20. The van der Waals surface area contributed by atoms with Gasteiger partial charge >= 0.3 is 0 Å². The molecule has 126 valence electrons. The minimum atomic E-state index is -3.65. The average Bonchev–Trinajstić information content (AvgIpc) is 2.95. The first kappa shape index (κ1) is 16.3. The maximum absolute atomic E-state index is 14.1. The zero-order valence-electron chi connectivity index (χ0n) is 13.0. The lowest BCUT2D eigenvalue weighted by atomic mass is 10.1. The van der Waals surface area contributed by atoms with Crippen molar-refractivity contribution in [3.63, 3.8) is 0 Å². The number of aromatic nitrogens is 4. The van der Waals surface area contributed by atoms with E-state index in [2.05, 4.69) is 15.1 Å². The molecule has 24 heavy (non-hydrogen) atoms. The van der Waals surface area contributed by atoms with Crippen molar-refractivity contribution in [3.8, 4) is 11.1 Å². The van der Waals surface area contributed by atoms with Gasteiger partial charge in [-0.05, 0) is 12.1 Å². The normalized spacial score (nSPS) is 12.2. The molecule has 3 rings (SSSR count). The summed E-state index contributed by atoms with van der Waals surface area (Å²) in [4.78, 5) is 7.77. The molecule has 10 heteroatoms. The number of nitrogens with zero attached hydrogens (tertiary/aromatic N) is 5. The van der Waals surface area contributed by atoms with Gasteiger partial charge in [0.1, 0.15) is 4.90 Å². The molecule has 0 amide bonds. The van der Waals surface area contributed by atoms with Gasteiger partial charge in [0.25, 0.3) is 0 Å². The molecule has 8 nitrogen and oxygen atoms in total. The van der Waals surface area contributed by atoms with Gasteiger partial charge in [-0.25, -0.2) is 21.6 Å². The molecule has 0 fully saturated rings. The van der Waals surface area contributed by atoms with Crippen molar-refractivity contribution in [3.05, 3.63) is 36.5 Å². The summed E-state index contributed by atoms with van der Waals surface area (Å²) in [6.07, 6.45) is 4.22. The van der Waals surface area contributed by atoms with E-state index >= 15 is 0 Å². The molecule has 3 aromatic heterocycles. The second-order valence-electron chi connectivity index (χ2n) is 5.14. The van der Waals surface area contributed by atoms with Crippen LogP contribution in [-0.2, 0) is 10.0 Å². The van der Waals surface area contributed by atoms with Crippen LogP contribution in [0.25, 0.3) is 16.8 Å². The third-order valence-electron chi connectivity index (χ3n) is 3.60. The average molecular weight is 350 g/mol. The summed E-state index contributed by atoms with van der Waals surface area (Å²) in [5.41, 5.74) is 6.32. The summed E-state index contributed by atoms with van der Waals surface area (Å²) in [5, 5.41) is 3.87. The van der Waals surface area contributed by atoms with Crippen LogP contribution in [0.1, 0.15) is 6.92 Å². The first-order chi connectivity index (χ1) is 11.3. The number of fused-ring (bicyclic) bond motifs is 1. The molecule has 0 radical (unpaired) electrons. The Morgan fingerprint density at radius 1 is 1.29 bits per heavy atom. The molecular weight excluding hydrogens is 335 g/mol. The molecule has 0 bridgehead atoms. The Morgan fingerprint density at radius 2 is 2.04 bits per heavy atom. The van der Waals surface area contributed by atoms with Crippen LogP contribution in [0.15, 0.2) is 35.6 Å². The van der Waals surface area contributed by atoms with Gasteiger partial charge < -0.3 is 5.73 Å². The van der Waals surface area contributed by atoms with Gasteiger partial charge in [0.05, 0.1) is 0 Å². The largest absolute Gasteiger partial charge is 0.366 e. The van der Waals surface area contributed by atoms with Crippen molar-refractivity contribution in [2.75, 3.05) is 19.3 Å². The van der Waals surface area contributed by atoms with Gasteiger partial charge in [-0.2, -0.15) is 4.98 Å². The molecule has 0 aliphatic rings. The number of rotatable bonds is 4. The predicted octanol–water partition coefficient (Wildman–Crippen LogP) is 1.15. The summed E-state index contributed by atoms with van der Waals surface area (Å²) in [5.74, 6) is -0.666. The van der Waals surface area contributed by atoms with Crippen LogP contribution in [0.5, 0.6) is 0 Å². The Kier molecular flexibility index (Phi) is 3.93. The van der Waals surface area contributed by atoms with Gasteiger partial charge in [-0.1, -0.05) is 6.92 Å². The highest BCUT2D eigenvalue weighted by Crippen LogP contribution is 2.24. The second kappa shape index (κ2) is 5.80. The van der Waals surface area contributed by atoms with Crippen LogP contribution in [0, 0.1) is 5.82 Å². The third kappa shape index (κ3) is 2.69.